The molecule has 1 fully saturated rings. The summed E-state index contributed by atoms with van der Waals surface area (Å²) in [6.07, 6.45) is 1.06. The zero-order valence-corrected chi connectivity index (χ0v) is 12.4. The molecule has 23 heavy (non-hydrogen) atoms. The van der Waals surface area contributed by atoms with Crippen LogP contribution in [0.5, 0.6) is 0 Å². The number of nitrogens with zero attached hydrogens (tertiary/aromatic N) is 1. The van der Waals surface area contributed by atoms with E-state index in [1.807, 2.05) is 12.1 Å². The van der Waals surface area contributed by atoms with Gasteiger partial charge in [-0.1, -0.05) is 42.5 Å². The standard InChI is InChI=1S/C18H16N2O3/c21-16(10-12-6-2-4-8-15(12)20(22)23)19-18-14-9-11-5-1-3-7-13(11)17(14)18/h1-8,14,17-18H,9-10H2,(H,19,21)/t14-,17-,18-/m1/s1. The van der Waals surface area contributed by atoms with E-state index in [2.05, 4.69) is 17.4 Å². The van der Waals surface area contributed by atoms with Crippen LogP contribution in [0, 0.1) is 16.0 Å². The first-order valence-electron chi connectivity index (χ1n) is 7.74. The van der Waals surface area contributed by atoms with E-state index in [1.54, 1.807) is 18.2 Å². The van der Waals surface area contributed by atoms with Gasteiger partial charge >= 0.3 is 0 Å². The molecular formula is C18H16N2O3. The number of rotatable bonds is 4. The van der Waals surface area contributed by atoms with Crippen molar-refractivity contribution >= 4 is 11.6 Å². The Morgan fingerprint density at radius 1 is 1.17 bits per heavy atom. The molecule has 2 aromatic carbocycles. The van der Waals surface area contributed by atoms with E-state index in [1.165, 1.54) is 17.2 Å². The van der Waals surface area contributed by atoms with Gasteiger partial charge < -0.3 is 5.32 Å². The highest BCUT2D eigenvalue weighted by molar-refractivity contribution is 5.81. The lowest BCUT2D eigenvalue weighted by Crippen LogP contribution is -2.30. The topological polar surface area (TPSA) is 72.2 Å². The molecule has 2 aliphatic carbocycles. The summed E-state index contributed by atoms with van der Waals surface area (Å²) in [7, 11) is 0. The summed E-state index contributed by atoms with van der Waals surface area (Å²) < 4.78 is 0. The van der Waals surface area contributed by atoms with Crippen molar-refractivity contribution in [3.05, 3.63) is 75.3 Å². The first-order valence-corrected chi connectivity index (χ1v) is 7.74. The highest BCUT2D eigenvalue weighted by Crippen LogP contribution is 2.56. The maximum absolute atomic E-state index is 12.2. The Morgan fingerprint density at radius 3 is 2.74 bits per heavy atom. The zero-order valence-electron chi connectivity index (χ0n) is 12.4. The average molecular weight is 308 g/mol. The Bertz CT molecular complexity index is 802. The lowest BCUT2D eigenvalue weighted by atomic mass is 10.0. The number of benzene rings is 2. The van der Waals surface area contributed by atoms with Crippen LogP contribution >= 0.6 is 0 Å². The van der Waals surface area contributed by atoms with Crippen LogP contribution in [0.15, 0.2) is 48.5 Å². The van der Waals surface area contributed by atoms with E-state index < -0.39 is 4.92 Å². The van der Waals surface area contributed by atoms with Crippen molar-refractivity contribution in [1.29, 1.82) is 0 Å². The summed E-state index contributed by atoms with van der Waals surface area (Å²) >= 11 is 0. The molecule has 0 aromatic heterocycles. The van der Waals surface area contributed by atoms with Gasteiger partial charge in [0.2, 0.25) is 5.91 Å². The second-order valence-electron chi connectivity index (χ2n) is 6.25. The third-order valence-corrected chi connectivity index (χ3v) is 4.91. The maximum atomic E-state index is 12.2. The Morgan fingerprint density at radius 2 is 1.91 bits per heavy atom. The largest absolute Gasteiger partial charge is 0.352 e. The lowest BCUT2D eigenvalue weighted by Gasteiger charge is -2.09. The number of nitro benzene ring substituents is 1. The van der Waals surface area contributed by atoms with Gasteiger partial charge in [-0.3, -0.25) is 14.9 Å². The minimum Gasteiger partial charge on any atom is -0.352 e. The van der Waals surface area contributed by atoms with Crippen LogP contribution < -0.4 is 5.32 Å². The Hall–Kier alpha value is -2.69. The predicted molar refractivity (Wildman–Crippen MR) is 85.1 cm³/mol. The van der Waals surface area contributed by atoms with Gasteiger partial charge in [0.15, 0.2) is 0 Å². The fourth-order valence-corrected chi connectivity index (χ4v) is 3.80. The van der Waals surface area contributed by atoms with Crippen LogP contribution in [-0.2, 0) is 17.6 Å². The summed E-state index contributed by atoms with van der Waals surface area (Å²) in [5.74, 6) is 0.763. The maximum Gasteiger partial charge on any atom is 0.273 e. The number of hydrogen-bond acceptors (Lipinski definition) is 3. The SMILES string of the molecule is O=C(Cc1ccccc1[N+](=O)[O-])N[C@@H]1[C@@H]2Cc3ccccc3[C@H]21. The molecular weight excluding hydrogens is 292 g/mol. The molecule has 0 heterocycles. The molecule has 5 nitrogen and oxygen atoms in total. The normalized spacial score (nSPS) is 23.7. The molecule has 0 unspecified atom stereocenters. The van der Waals surface area contributed by atoms with Gasteiger partial charge in [-0.15, -0.1) is 0 Å². The van der Waals surface area contributed by atoms with Crippen LogP contribution in [0.4, 0.5) is 5.69 Å². The molecule has 5 heteroatoms. The molecule has 4 rings (SSSR count). The van der Waals surface area contributed by atoms with Crippen LogP contribution in [0.3, 0.4) is 0 Å². The van der Waals surface area contributed by atoms with Crippen LogP contribution in [0.2, 0.25) is 0 Å². The zero-order chi connectivity index (χ0) is 16.0. The summed E-state index contributed by atoms with van der Waals surface area (Å²) in [5.41, 5.74) is 3.19. The first-order chi connectivity index (χ1) is 11.1. The molecule has 116 valence electrons. The Balaban J connectivity index is 1.43. The third kappa shape index (κ3) is 2.38. The highest BCUT2D eigenvalue weighted by Gasteiger charge is 2.56. The number of fused-ring (bicyclic) bond motifs is 3. The second-order valence-corrected chi connectivity index (χ2v) is 6.25. The van der Waals surface area contributed by atoms with Crippen molar-refractivity contribution in [3.8, 4) is 0 Å². The van der Waals surface area contributed by atoms with Crippen LogP contribution in [0.25, 0.3) is 0 Å². The van der Waals surface area contributed by atoms with Gasteiger partial charge in [-0.05, 0) is 23.5 Å². The van der Waals surface area contributed by atoms with E-state index in [9.17, 15) is 14.9 Å². The van der Waals surface area contributed by atoms with E-state index in [4.69, 9.17) is 0 Å². The van der Waals surface area contributed by atoms with Crippen molar-refractivity contribution in [2.24, 2.45) is 5.92 Å². The molecule has 0 aliphatic heterocycles. The minimum absolute atomic E-state index is 0.00369. The minimum atomic E-state index is -0.440. The molecule has 3 atom stereocenters. The second kappa shape index (κ2) is 5.19. The molecule has 0 saturated heterocycles. The number of para-hydroxylation sites is 1. The summed E-state index contributed by atoms with van der Waals surface area (Å²) in [6, 6.07) is 14.9. The Kier molecular flexibility index (Phi) is 3.15. The fraction of sp³-hybridized carbons (Fsp3) is 0.278. The molecule has 1 saturated carbocycles. The molecule has 1 N–H and O–H groups in total. The summed E-state index contributed by atoms with van der Waals surface area (Å²) in [5, 5.41) is 14.1. The number of carbonyl (C=O) groups excluding carboxylic acids is 1. The van der Waals surface area contributed by atoms with Crippen molar-refractivity contribution in [2.75, 3.05) is 0 Å². The predicted octanol–water partition coefficient (Wildman–Crippen LogP) is 2.59. The first kappa shape index (κ1) is 13.9. The number of nitrogens with one attached hydrogen (secondary N) is 1. The van der Waals surface area contributed by atoms with Crippen molar-refractivity contribution < 1.29 is 9.72 Å². The van der Waals surface area contributed by atoms with E-state index in [0.29, 0.717) is 17.4 Å². The lowest BCUT2D eigenvalue weighted by molar-refractivity contribution is -0.385. The van der Waals surface area contributed by atoms with Crippen molar-refractivity contribution in [1.82, 2.24) is 5.32 Å². The van der Waals surface area contributed by atoms with Crippen LogP contribution in [-0.4, -0.2) is 16.9 Å². The van der Waals surface area contributed by atoms with Gasteiger partial charge in [0.1, 0.15) is 0 Å². The molecule has 0 radical (unpaired) electrons. The number of carbonyl (C=O) groups is 1. The van der Waals surface area contributed by atoms with Crippen molar-refractivity contribution in [2.45, 2.75) is 24.8 Å². The van der Waals surface area contributed by atoms with Gasteiger partial charge in [-0.2, -0.15) is 0 Å². The summed E-state index contributed by atoms with van der Waals surface area (Å²) in [4.78, 5) is 22.8. The quantitative estimate of drug-likeness (QED) is 0.697. The van der Waals surface area contributed by atoms with Gasteiger partial charge in [-0.25, -0.2) is 0 Å². The van der Waals surface area contributed by atoms with E-state index in [0.717, 1.165) is 6.42 Å². The highest BCUT2D eigenvalue weighted by atomic mass is 16.6. The molecule has 0 spiro atoms. The summed E-state index contributed by atoms with van der Waals surface area (Å²) in [6.45, 7) is 0. The molecule has 1 amide bonds. The molecule has 2 aromatic rings. The monoisotopic (exact) mass is 308 g/mol. The van der Waals surface area contributed by atoms with Gasteiger partial charge in [0, 0.05) is 23.6 Å². The number of nitro groups is 1. The van der Waals surface area contributed by atoms with Crippen LogP contribution in [0.1, 0.15) is 22.6 Å². The van der Waals surface area contributed by atoms with Gasteiger partial charge in [0.25, 0.3) is 5.69 Å². The smallest absolute Gasteiger partial charge is 0.273 e. The fourth-order valence-electron chi connectivity index (χ4n) is 3.80. The Labute approximate surface area is 133 Å². The van der Waals surface area contributed by atoms with Gasteiger partial charge in [0.05, 0.1) is 11.3 Å². The van der Waals surface area contributed by atoms with Crippen molar-refractivity contribution in [3.63, 3.8) is 0 Å². The molecule has 0 bridgehead atoms. The number of hydrogen-bond donors (Lipinski definition) is 1. The third-order valence-electron chi connectivity index (χ3n) is 4.91. The average Bonchev–Trinajstić information content (AvgIpc) is 3.04. The van der Waals surface area contributed by atoms with E-state index in [-0.39, 0.29) is 24.1 Å². The van der Waals surface area contributed by atoms with E-state index >= 15 is 0 Å². The number of amides is 1. The molecule has 2 aliphatic rings.